The van der Waals surface area contributed by atoms with Crippen LogP contribution in [0, 0.1) is 0 Å². The largest absolute Gasteiger partial charge is 0.488 e. The Morgan fingerprint density at radius 2 is 1.81 bits per heavy atom. The number of benzene rings is 3. The van der Waals surface area contributed by atoms with Gasteiger partial charge >= 0.3 is 0 Å². The number of methoxy groups -OCH3 is 1. The molecule has 4 rings (SSSR count). The molecule has 1 heterocycles. The number of amides is 2. The van der Waals surface area contributed by atoms with Crippen molar-refractivity contribution in [2.45, 2.75) is 13.0 Å². The fraction of sp³-hybridized carbons (Fsp3) is 0.200. The van der Waals surface area contributed by atoms with Gasteiger partial charge in [0, 0.05) is 30.8 Å². The molecular formula is C25H22ClNO4S. The van der Waals surface area contributed by atoms with Crippen LogP contribution in [0.15, 0.2) is 65.6 Å². The van der Waals surface area contributed by atoms with Gasteiger partial charge in [-0.2, -0.15) is 0 Å². The summed E-state index contributed by atoms with van der Waals surface area (Å²) in [6.45, 7) is 1.19. The topological polar surface area (TPSA) is 55.8 Å². The van der Waals surface area contributed by atoms with E-state index >= 15 is 0 Å². The van der Waals surface area contributed by atoms with Gasteiger partial charge in [-0.05, 0) is 58.8 Å². The van der Waals surface area contributed by atoms with Crippen LogP contribution in [0.3, 0.4) is 0 Å². The van der Waals surface area contributed by atoms with Gasteiger partial charge < -0.3 is 9.47 Å². The average Bonchev–Trinajstić information content (AvgIpc) is 3.07. The van der Waals surface area contributed by atoms with Crippen LogP contribution in [0.4, 0.5) is 4.79 Å². The predicted molar refractivity (Wildman–Crippen MR) is 129 cm³/mol. The Balaban J connectivity index is 1.65. The van der Waals surface area contributed by atoms with Crippen molar-refractivity contribution >= 4 is 51.4 Å². The second kappa shape index (κ2) is 10.2. The monoisotopic (exact) mass is 467 g/mol. The van der Waals surface area contributed by atoms with Crippen molar-refractivity contribution in [2.75, 3.05) is 20.3 Å². The van der Waals surface area contributed by atoms with E-state index < -0.39 is 0 Å². The number of fused-ring (bicyclic) bond motifs is 1. The molecule has 0 spiro atoms. The molecule has 1 aliphatic rings. The Bertz CT molecular complexity index is 1180. The number of thioether (sulfide) groups is 1. The number of imide groups is 1. The molecule has 3 aromatic carbocycles. The molecule has 1 saturated heterocycles. The van der Waals surface area contributed by atoms with Crippen molar-refractivity contribution in [1.29, 1.82) is 0 Å². The normalized spacial score (nSPS) is 15.2. The third kappa shape index (κ3) is 4.99. The molecule has 5 nitrogen and oxygen atoms in total. The summed E-state index contributed by atoms with van der Waals surface area (Å²) in [5, 5.41) is 2.38. The van der Waals surface area contributed by atoms with Gasteiger partial charge in [0.1, 0.15) is 12.4 Å². The van der Waals surface area contributed by atoms with E-state index in [0.29, 0.717) is 41.9 Å². The first-order valence-electron chi connectivity index (χ1n) is 10.2. The third-order valence-corrected chi connectivity index (χ3v) is 6.28. The quantitative estimate of drug-likeness (QED) is 0.294. The van der Waals surface area contributed by atoms with Crippen molar-refractivity contribution in [1.82, 2.24) is 4.90 Å². The van der Waals surface area contributed by atoms with Crippen LogP contribution in [0.5, 0.6) is 5.75 Å². The van der Waals surface area contributed by atoms with E-state index in [1.807, 2.05) is 60.7 Å². The highest BCUT2D eigenvalue weighted by Crippen LogP contribution is 2.37. The molecule has 32 heavy (non-hydrogen) atoms. The van der Waals surface area contributed by atoms with Crippen molar-refractivity contribution in [3.8, 4) is 5.75 Å². The zero-order chi connectivity index (χ0) is 22.5. The summed E-state index contributed by atoms with van der Waals surface area (Å²) in [7, 11) is 1.60. The van der Waals surface area contributed by atoms with Crippen molar-refractivity contribution in [3.63, 3.8) is 0 Å². The van der Waals surface area contributed by atoms with Crippen LogP contribution < -0.4 is 4.74 Å². The molecule has 3 aromatic rings. The Kier molecular flexibility index (Phi) is 7.15. The molecule has 1 fully saturated rings. The van der Waals surface area contributed by atoms with Gasteiger partial charge in [-0.15, -0.1) is 0 Å². The highest BCUT2D eigenvalue weighted by molar-refractivity contribution is 8.18. The molecule has 7 heteroatoms. The van der Waals surface area contributed by atoms with Crippen LogP contribution in [-0.2, 0) is 16.1 Å². The summed E-state index contributed by atoms with van der Waals surface area (Å²) in [6.07, 6.45) is 2.37. The van der Waals surface area contributed by atoms with Crippen LogP contribution in [0.2, 0.25) is 5.02 Å². The lowest BCUT2D eigenvalue weighted by Gasteiger charge is -2.13. The number of carbonyl (C=O) groups excluding carboxylic acids is 2. The summed E-state index contributed by atoms with van der Waals surface area (Å²) in [6, 6.07) is 19.2. The number of hydrogen-bond donors (Lipinski definition) is 0. The van der Waals surface area contributed by atoms with E-state index in [9.17, 15) is 9.59 Å². The number of ether oxygens (including phenoxy) is 2. The summed E-state index contributed by atoms with van der Waals surface area (Å²) >= 11 is 6.93. The second-order valence-electron chi connectivity index (χ2n) is 7.29. The Morgan fingerprint density at radius 1 is 1.03 bits per heavy atom. The zero-order valence-corrected chi connectivity index (χ0v) is 19.1. The highest BCUT2D eigenvalue weighted by Gasteiger charge is 2.34. The molecule has 0 N–H and O–H groups in total. The van der Waals surface area contributed by atoms with Gasteiger partial charge in [0.25, 0.3) is 11.1 Å². The maximum absolute atomic E-state index is 12.9. The molecule has 0 saturated carbocycles. The zero-order valence-electron chi connectivity index (χ0n) is 17.5. The van der Waals surface area contributed by atoms with Crippen molar-refractivity contribution in [3.05, 3.63) is 81.7 Å². The first-order chi connectivity index (χ1) is 15.6. The van der Waals surface area contributed by atoms with Crippen LogP contribution in [0.1, 0.15) is 17.5 Å². The van der Waals surface area contributed by atoms with Gasteiger partial charge in [-0.1, -0.05) is 54.1 Å². The van der Waals surface area contributed by atoms with Crippen LogP contribution >= 0.6 is 23.4 Å². The van der Waals surface area contributed by atoms with Crippen molar-refractivity contribution in [2.24, 2.45) is 0 Å². The first kappa shape index (κ1) is 22.4. The number of halogens is 1. The minimum atomic E-state index is -0.285. The maximum atomic E-state index is 12.9. The second-order valence-corrected chi connectivity index (χ2v) is 8.72. The molecule has 0 aliphatic carbocycles. The minimum absolute atomic E-state index is 0.263. The molecule has 164 valence electrons. The van der Waals surface area contributed by atoms with Crippen LogP contribution in [-0.4, -0.2) is 36.3 Å². The van der Waals surface area contributed by atoms with E-state index in [0.717, 1.165) is 33.7 Å². The molecule has 0 bridgehead atoms. The van der Waals surface area contributed by atoms with Gasteiger partial charge in [-0.3, -0.25) is 14.5 Å². The fourth-order valence-electron chi connectivity index (χ4n) is 3.48. The highest BCUT2D eigenvalue weighted by atomic mass is 35.5. The standard InChI is InChI=1S/C25H22ClNO4S/c1-30-14-4-13-27-24(28)23(32-25(27)29)15-21-20-6-3-2-5-18(20)9-12-22(21)31-16-17-7-10-19(26)11-8-17/h2-3,5-12,15H,4,13-14,16H2,1H3/b23-15+. The smallest absolute Gasteiger partial charge is 0.293 e. The van der Waals surface area contributed by atoms with Gasteiger partial charge in [0.05, 0.1) is 4.91 Å². The fourth-order valence-corrected chi connectivity index (χ4v) is 4.46. The van der Waals surface area contributed by atoms with E-state index in [1.54, 1.807) is 13.2 Å². The lowest BCUT2D eigenvalue weighted by atomic mass is 10.0. The van der Waals surface area contributed by atoms with Crippen LogP contribution in [0.25, 0.3) is 16.8 Å². The number of nitrogens with zero attached hydrogens (tertiary/aromatic N) is 1. The summed E-state index contributed by atoms with van der Waals surface area (Å²) in [4.78, 5) is 27.0. The molecule has 0 aromatic heterocycles. The number of hydrogen-bond acceptors (Lipinski definition) is 5. The third-order valence-electron chi connectivity index (χ3n) is 5.12. The molecule has 2 amide bonds. The first-order valence-corrected chi connectivity index (χ1v) is 11.4. The van der Waals surface area contributed by atoms with Gasteiger partial charge in [0.2, 0.25) is 0 Å². The van der Waals surface area contributed by atoms with E-state index in [2.05, 4.69) is 0 Å². The summed E-state index contributed by atoms with van der Waals surface area (Å²) < 4.78 is 11.2. The Hall–Kier alpha value is -2.80. The minimum Gasteiger partial charge on any atom is -0.488 e. The molecule has 0 atom stereocenters. The van der Waals surface area contributed by atoms with Gasteiger partial charge in [0.15, 0.2) is 0 Å². The summed E-state index contributed by atoms with van der Waals surface area (Å²) in [5.74, 6) is 0.359. The number of rotatable bonds is 8. The number of carbonyl (C=O) groups is 2. The molecule has 0 radical (unpaired) electrons. The Morgan fingerprint density at radius 3 is 2.59 bits per heavy atom. The molecule has 1 aliphatic heterocycles. The van der Waals surface area contributed by atoms with Gasteiger partial charge in [-0.25, -0.2) is 0 Å². The molecular weight excluding hydrogens is 446 g/mol. The van der Waals surface area contributed by atoms with E-state index in [1.165, 1.54) is 4.90 Å². The maximum Gasteiger partial charge on any atom is 0.293 e. The lowest BCUT2D eigenvalue weighted by Crippen LogP contribution is -2.29. The lowest BCUT2D eigenvalue weighted by molar-refractivity contribution is -0.122. The predicted octanol–water partition coefficient (Wildman–Crippen LogP) is 6.15. The SMILES string of the molecule is COCCCN1C(=O)S/C(=C/c2c(OCc3ccc(Cl)cc3)ccc3ccccc23)C1=O. The summed E-state index contributed by atoms with van der Waals surface area (Å²) in [5.41, 5.74) is 1.76. The average molecular weight is 468 g/mol. The molecule has 0 unspecified atom stereocenters. The van der Waals surface area contributed by atoms with Crippen molar-refractivity contribution < 1.29 is 19.1 Å². The van der Waals surface area contributed by atoms with E-state index in [-0.39, 0.29) is 11.1 Å². The van der Waals surface area contributed by atoms with E-state index in [4.69, 9.17) is 21.1 Å². The Labute approximate surface area is 195 Å².